The van der Waals surface area contributed by atoms with E-state index in [1.54, 1.807) is 20.4 Å². The minimum atomic E-state index is -0.0814. The largest absolute Gasteiger partial charge is 0.480 e. The van der Waals surface area contributed by atoms with Crippen LogP contribution in [-0.2, 0) is 0 Å². The summed E-state index contributed by atoms with van der Waals surface area (Å²) in [5, 5.41) is 0. The number of hydrogen-bond acceptors (Lipinski definition) is 5. The molecule has 1 atom stereocenters. The molecule has 1 aliphatic carbocycles. The van der Waals surface area contributed by atoms with Crippen LogP contribution in [0.1, 0.15) is 31.0 Å². The molecule has 1 fully saturated rings. The van der Waals surface area contributed by atoms with Gasteiger partial charge in [-0.25, -0.2) is 4.98 Å². The Bertz CT molecular complexity index is 366. The molecule has 16 heavy (non-hydrogen) atoms. The summed E-state index contributed by atoms with van der Waals surface area (Å²) in [6.45, 7) is 0. The second-order valence-corrected chi connectivity index (χ2v) is 4.02. The quantitative estimate of drug-likeness (QED) is 0.833. The average Bonchev–Trinajstić information content (AvgIpc) is 2.25. The molecule has 1 aromatic rings. The third-order valence-corrected chi connectivity index (χ3v) is 3.12. The molecular formula is C11H17N3O2. The molecule has 0 spiro atoms. The van der Waals surface area contributed by atoms with Gasteiger partial charge in [0.2, 0.25) is 11.8 Å². The molecule has 1 unspecified atom stereocenters. The first kappa shape index (κ1) is 11.1. The topological polar surface area (TPSA) is 70.3 Å². The normalized spacial score (nSPS) is 17.7. The summed E-state index contributed by atoms with van der Waals surface area (Å²) in [4.78, 5) is 8.47. The number of nitrogens with two attached hydrogens (primary N) is 1. The van der Waals surface area contributed by atoms with Gasteiger partial charge in [-0.15, -0.1) is 0 Å². The maximum Gasteiger partial charge on any atom is 0.240 e. The second-order valence-electron chi connectivity index (χ2n) is 4.02. The van der Waals surface area contributed by atoms with Crippen molar-refractivity contribution < 1.29 is 9.47 Å². The van der Waals surface area contributed by atoms with Gasteiger partial charge in [0.15, 0.2) is 0 Å². The zero-order valence-corrected chi connectivity index (χ0v) is 9.64. The van der Waals surface area contributed by atoms with E-state index in [2.05, 4.69) is 9.97 Å². The van der Waals surface area contributed by atoms with Gasteiger partial charge < -0.3 is 15.2 Å². The number of ether oxygens (including phenoxy) is 2. The Morgan fingerprint density at radius 1 is 1.38 bits per heavy atom. The SMILES string of the molecule is COc1cnc(C(N)C2CCC2)c(OC)n1. The lowest BCUT2D eigenvalue weighted by molar-refractivity contribution is 0.253. The van der Waals surface area contributed by atoms with E-state index in [1.165, 1.54) is 6.42 Å². The Balaban J connectivity index is 2.24. The van der Waals surface area contributed by atoms with Crippen LogP contribution >= 0.6 is 0 Å². The monoisotopic (exact) mass is 223 g/mol. The molecule has 2 rings (SSSR count). The summed E-state index contributed by atoms with van der Waals surface area (Å²) in [6, 6.07) is -0.0814. The molecule has 88 valence electrons. The molecule has 5 nitrogen and oxygen atoms in total. The Labute approximate surface area is 95.0 Å². The molecule has 1 saturated carbocycles. The maximum atomic E-state index is 6.14. The first-order chi connectivity index (χ1) is 7.76. The molecule has 0 amide bonds. The Morgan fingerprint density at radius 3 is 2.62 bits per heavy atom. The van der Waals surface area contributed by atoms with Crippen molar-refractivity contribution >= 4 is 0 Å². The van der Waals surface area contributed by atoms with Crippen molar-refractivity contribution in [1.82, 2.24) is 9.97 Å². The molecule has 1 heterocycles. The molecule has 0 aliphatic heterocycles. The zero-order valence-electron chi connectivity index (χ0n) is 9.64. The van der Waals surface area contributed by atoms with E-state index < -0.39 is 0 Å². The molecule has 0 saturated heterocycles. The van der Waals surface area contributed by atoms with Gasteiger partial charge in [0.1, 0.15) is 5.69 Å². The molecule has 2 N–H and O–H groups in total. The molecule has 0 bridgehead atoms. The lowest BCUT2D eigenvalue weighted by Gasteiger charge is -2.31. The summed E-state index contributed by atoms with van der Waals surface area (Å²) in [7, 11) is 3.12. The van der Waals surface area contributed by atoms with E-state index in [0.29, 0.717) is 17.7 Å². The number of aromatic nitrogens is 2. The lowest BCUT2D eigenvalue weighted by atomic mass is 9.79. The van der Waals surface area contributed by atoms with Crippen LogP contribution in [0, 0.1) is 5.92 Å². The van der Waals surface area contributed by atoms with Crippen molar-refractivity contribution in [2.75, 3.05) is 14.2 Å². The standard InChI is InChI=1S/C11H17N3O2/c1-15-8-6-13-10(11(14-8)16-2)9(12)7-4-3-5-7/h6-7,9H,3-5,12H2,1-2H3. The average molecular weight is 223 g/mol. The fraction of sp³-hybridized carbons (Fsp3) is 0.636. The third-order valence-electron chi connectivity index (χ3n) is 3.12. The van der Waals surface area contributed by atoms with Crippen LogP contribution in [-0.4, -0.2) is 24.2 Å². The highest BCUT2D eigenvalue weighted by molar-refractivity contribution is 5.26. The van der Waals surface area contributed by atoms with E-state index in [4.69, 9.17) is 15.2 Å². The molecule has 5 heteroatoms. The predicted octanol–water partition coefficient (Wildman–Crippen LogP) is 1.29. The Hall–Kier alpha value is -1.36. The van der Waals surface area contributed by atoms with Crippen LogP contribution in [0.3, 0.4) is 0 Å². The highest BCUT2D eigenvalue weighted by atomic mass is 16.5. The van der Waals surface area contributed by atoms with Crippen molar-refractivity contribution in [2.24, 2.45) is 11.7 Å². The van der Waals surface area contributed by atoms with Crippen LogP contribution < -0.4 is 15.2 Å². The fourth-order valence-corrected chi connectivity index (χ4v) is 1.87. The van der Waals surface area contributed by atoms with Gasteiger partial charge in [0.05, 0.1) is 26.5 Å². The number of methoxy groups -OCH3 is 2. The van der Waals surface area contributed by atoms with Gasteiger partial charge >= 0.3 is 0 Å². The van der Waals surface area contributed by atoms with E-state index in [1.807, 2.05) is 0 Å². The smallest absolute Gasteiger partial charge is 0.240 e. The van der Waals surface area contributed by atoms with E-state index in [-0.39, 0.29) is 6.04 Å². The minimum absolute atomic E-state index is 0.0814. The van der Waals surface area contributed by atoms with Crippen LogP contribution in [0.5, 0.6) is 11.8 Å². The van der Waals surface area contributed by atoms with E-state index >= 15 is 0 Å². The van der Waals surface area contributed by atoms with Crippen molar-refractivity contribution in [3.05, 3.63) is 11.9 Å². The summed E-state index contributed by atoms with van der Waals surface area (Å²) in [5.41, 5.74) is 6.87. The minimum Gasteiger partial charge on any atom is -0.480 e. The van der Waals surface area contributed by atoms with Gasteiger partial charge in [-0.2, -0.15) is 4.98 Å². The first-order valence-electron chi connectivity index (χ1n) is 5.46. The Morgan fingerprint density at radius 2 is 2.12 bits per heavy atom. The van der Waals surface area contributed by atoms with Crippen molar-refractivity contribution in [3.63, 3.8) is 0 Å². The van der Waals surface area contributed by atoms with Gasteiger partial charge in [0.25, 0.3) is 0 Å². The summed E-state index contributed by atoms with van der Waals surface area (Å²) < 4.78 is 10.2. The molecule has 0 radical (unpaired) electrons. The van der Waals surface area contributed by atoms with Crippen molar-refractivity contribution in [3.8, 4) is 11.8 Å². The number of nitrogens with zero attached hydrogens (tertiary/aromatic N) is 2. The van der Waals surface area contributed by atoms with E-state index in [0.717, 1.165) is 18.5 Å². The van der Waals surface area contributed by atoms with Gasteiger partial charge in [-0.3, -0.25) is 0 Å². The number of rotatable bonds is 4. The fourth-order valence-electron chi connectivity index (χ4n) is 1.87. The predicted molar refractivity (Wildman–Crippen MR) is 59.4 cm³/mol. The summed E-state index contributed by atoms with van der Waals surface area (Å²) >= 11 is 0. The van der Waals surface area contributed by atoms with Gasteiger partial charge in [-0.1, -0.05) is 6.42 Å². The highest BCUT2D eigenvalue weighted by Crippen LogP contribution is 2.37. The zero-order chi connectivity index (χ0) is 11.5. The van der Waals surface area contributed by atoms with Crippen LogP contribution in [0.2, 0.25) is 0 Å². The molecule has 0 aromatic carbocycles. The highest BCUT2D eigenvalue weighted by Gasteiger charge is 2.29. The summed E-state index contributed by atoms with van der Waals surface area (Å²) in [6.07, 6.45) is 5.16. The van der Waals surface area contributed by atoms with Gasteiger partial charge in [0, 0.05) is 0 Å². The maximum absolute atomic E-state index is 6.14. The molecule has 1 aliphatic rings. The van der Waals surface area contributed by atoms with Crippen molar-refractivity contribution in [1.29, 1.82) is 0 Å². The molecule has 1 aromatic heterocycles. The van der Waals surface area contributed by atoms with Crippen LogP contribution in [0.4, 0.5) is 0 Å². The second kappa shape index (κ2) is 4.65. The van der Waals surface area contributed by atoms with Gasteiger partial charge in [-0.05, 0) is 18.8 Å². The third kappa shape index (κ3) is 1.95. The summed E-state index contributed by atoms with van der Waals surface area (Å²) in [5.74, 6) is 1.43. The van der Waals surface area contributed by atoms with Crippen LogP contribution in [0.15, 0.2) is 6.20 Å². The first-order valence-corrected chi connectivity index (χ1v) is 5.46. The molecular weight excluding hydrogens is 206 g/mol. The van der Waals surface area contributed by atoms with Crippen molar-refractivity contribution in [2.45, 2.75) is 25.3 Å². The number of hydrogen-bond donors (Lipinski definition) is 1. The van der Waals surface area contributed by atoms with E-state index in [9.17, 15) is 0 Å². The Kier molecular flexibility index (Phi) is 3.24. The lowest BCUT2D eigenvalue weighted by Crippen LogP contribution is -2.28. The van der Waals surface area contributed by atoms with Crippen LogP contribution in [0.25, 0.3) is 0 Å².